The van der Waals surface area contributed by atoms with Gasteiger partial charge in [0, 0.05) is 5.69 Å². The summed E-state index contributed by atoms with van der Waals surface area (Å²) in [5.41, 5.74) is 3.35. The van der Waals surface area contributed by atoms with Crippen molar-refractivity contribution in [3.63, 3.8) is 0 Å². The molecule has 0 spiro atoms. The fourth-order valence-electron chi connectivity index (χ4n) is 1.57. The summed E-state index contributed by atoms with van der Waals surface area (Å²) >= 11 is 5.73. The van der Waals surface area contributed by atoms with Crippen molar-refractivity contribution in [2.24, 2.45) is 0 Å². The van der Waals surface area contributed by atoms with Crippen LogP contribution >= 0.6 is 11.6 Å². The van der Waals surface area contributed by atoms with E-state index in [1.807, 2.05) is 25.1 Å². The van der Waals surface area contributed by atoms with Crippen molar-refractivity contribution in [3.05, 3.63) is 47.3 Å². The van der Waals surface area contributed by atoms with Gasteiger partial charge >= 0.3 is 0 Å². The summed E-state index contributed by atoms with van der Waals surface area (Å²) < 4.78 is 1.79. The lowest BCUT2D eigenvalue weighted by atomic mass is 10.2. The van der Waals surface area contributed by atoms with Gasteiger partial charge in [0.25, 0.3) is 0 Å². The first-order valence-corrected chi connectivity index (χ1v) is 5.40. The van der Waals surface area contributed by atoms with Crippen molar-refractivity contribution in [2.75, 3.05) is 0 Å². The number of nitrogens with zero attached hydrogens (tertiary/aromatic N) is 3. The normalized spacial score (nSPS) is 10.1. The molecule has 0 aliphatic carbocycles. The van der Waals surface area contributed by atoms with Gasteiger partial charge in [0.2, 0.25) is 0 Å². The van der Waals surface area contributed by atoms with Crippen molar-refractivity contribution in [1.82, 2.24) is 9.78 Å². The Morgan fingerprint density at radius 2 is 2.25 bits per heavy atom. The maximum atomic E-state index is 8.83. The molecular formula is C12H10ClN3. The van der Waals surface area contributed by atoms with E-state index in [2.05, 4.69) is 11.2 Å². The molecule has 2 rings (SSSR count). The van der Waals surface area contributed by atoms with E-state index in [0.717, 1.165) is 17.1 Å². The Kier molecular flexibility index (Phi) is 2.93. The molecular weight excluding hydrogens is 222 g/mol. The number of hydrogen-bond acceptors (Lipinski definition) is 2. The number of benzene rings is 1. The zero-order chi connectivity index (χ0) is 11.5. The summed E-state index contributed by atoms with van der Waals surface area (Å²) in [5, 5.41) is 13.2. The van der Waals surface area contributed by atoms with Crippen LogP contribution in [0.1, 0.15) is 17.0 Å². The van der Waals surface area contributed by atoms with E-state index in [1.54, 1.807) is 16.8 Å². The van der Waals surface area contributed by atoms with Gasteiger partial charge in [0.15, 0.2) is 0 Å². The summed E-state index contributed by atoms with van der Waals surface area (Å²) in [5.74, 6) is 0.395. The number of aryl methyl sites for hydroxylation is 1. The Bertz CT molecular complexity index is 552. The fraction of sp³-hybridized carbons (Fsp3) is 0.167. The predicted octanol–water partition coefficient (Wildman–Crippen LogP) is 2.79. The van der Waals surface area contributed by atoms with Gasteiger partial charge in [0.05, 0.1) is 28.9 Å². The number of alkyl halides is 1. The number of nitriles is 1. The molecule has 4 heteroatoms. The van der Waals surface area contributed by atoms with E-state index >= 15 is 0 Å². The molecule has 0 amide bonds. The topological polar surface area (TPSA) is 41.6 Å². The second-order valence-electron chi connectivity index (χ2n) is 3.48. The second kappa shape index (κ2) is 4.38. The molecule has 1 aromatic heterocycles. The molecule has 0 radical (unpaired) electrons. The van der Waals surface area contributed by atoms with Crippen LogP contribution in [0.25, 0.3) is 5.69 Å². The Hall–Kier alpha value is -1.79. The molecule has 2 aromatic rings. The second-order valence-corrected chi connectivity index (χ2v) is 3.75. The third kappa shape index (κ3) is 1.93. The summed E-state index contributed by atoms with van der Waals surface area (Å²) in [6.07, 6.45) is 0. The third-order valence-electron chi connectivity index (χ3n) is 2.29. The van der Waals surface area contributed by atoms with Gasteiger partial charge in [0.1, 0.15) is 0 Å². The lowest BCUT2D eigenvalue weighted by molar-refractivity contribution is 0.830. The zero-order valence-corrected chi connectivity index (χ0v) is 9.57. The highest BCUT2D eigenvalue weighted by Gasteiger charge is 2.05. The van der Waals surface area contributed by atoms with Crippen LogP contribution in [0.5, 0.6) is 0 Å². The van der Waals surface area contributed by atoms with E-state index in [0.29, 0.717) is 11.4 Å². The third-order valence-corrected chi connectivity index (χ3v) is 2.57. The highest BCUT2D eigenvalue weighted by Crippen LogP contribution is 2.14. The number of rotatable bonds is 2. The summed E-state index contributed by atoms with van der Waals surface area (Å²) in [4.78, 5) is 0. The molecule has 0 fully saturated rings. The monoisotopic (exact) mass is 231 g/mol. The highest BCUT2D eigenvalue weighted by atomic mass is 35.5. The summed E-state index contributed by atoms with van der Waals surface area (Å²) in [7, 11) is 0. The van der Waals surface area contributed by atoms with Crippen molar-refractivity contribution >= 4 is 11.6 Å². The fourth-order valence-corrected chi connectivity index (χ4v) is 1.70. The smallest absolute Gasteiger partial charge is 0.0992 e. The van der Waals surface area contributed by atoms with Gasteiger partial charge in [-0.1, -0.05) is 6.07 Å². The van der Waals surface area contributed by atoms with Gasteiger partial charge in [-0.2, -0.15) is 10.4 Å². The van der Waals surface area contributed by atoms with Crippen molar-refractivity contribution < 1.29 is 0 Å². The standard InChI is InChI=1S/C12H10ClN3/c1-9-5-11(7-13)15-16(9)12-4-2-3-10(6-12)8-14/h2-6H,7H2,1H3. The van der Waals surface area contributed by atoms with Crippen molar-refractivity contribution in [3.8, 4) is 11.8 Å². The maximum absolute atomic E-state index is 8.83. The molecule has 1 aromatic carbocycles. The minimum atomic E-state index is 0.395. The van der Waals surface area contributed by atoms with Gasteiger partial charge in [-0.05, 0) is 31.2 Å². The number of hydrogen-bond donors (Lipinski definition) is 0. The average molecular weight is 232 g/mol. The summed E-state index contributed by atoms with van der Waals surface area (Å²) in [6, 6.07) is 11.4. The highest BCUT2D eigenvalue weighted by molar-refractivity contribution is 6.16. The lowest BCUT2D eigenvalue weighted by Crippen LogP contribution is -1.99. The van der Waals surface area contributed by atoms with E-state index in [1.165, 1.54) is 0 Å². The predicted molar refractivity (Wildman–Crippen MR) is 62.6 cm³/mol. The Balaban J connectivity index is 2.50. The van der Waals surface area contributed by atoms with Gasteiger partial charge in [-0.25, -0.2) is 4.68 Å². The molecule has 80 valence electrons. The van der Waals surface area contributed by atoms with Gasteiger partial charge < -0.3 is 0 Å². The van der Waals surface area contributed by atoms with E-state index in [9.17, 15) is 0 Å². The Morgan fingerprint density at radius 1 is 1.44 bits per heavy atom. The number of aromatic nitrogens is 2. The molecule has 0 saturated carbocycles. The van der Waals surface area contributed by atoms with Crippen LogP contribution in [0.15, 0.2) is 30.3 Å². The average Bonchev–Trinajstić information content (AvgIpc) is 2.71. The van der Waals surface area contributed by atoms with Crippen molar-refractivity contribution in [1.29, 1.82) is 5.26 Å². The van der Waals surface area contributed by atoms with Crippen molar-refractivity contribution in [2.45, 2.75) is 12.8 Å². The van der Waals surface area contributed by atoms with Crippen LogP contribution in [0.4, 0.5) is 0 Å². The van der Waals surface area contributed by atoms with Crippen LogP contribution in [0.3, 0.4) is 0 Å². The van der Waals surface area contributed by atoms with E-state index < -0.39 is 0 Å². The zero-order valence-electron chi connectivity index (χ0n) is 8.81. The molecule has 16 heavy (non-hydrogen) atoms. The molecule has 3 nitrogen and oxygen atoms in total. The minimum Gasteiger partial charge on any atom is -0.238 e. The molecule has 0 aliphatic rings. The molecule has 0 N–H and O–H groups in total. The van der Waals surface area contributed by atoms with Gasteiger partial charge in [-0.15, -0.1) is 11.6 Å². The van der Waals surface area contributed by atoms with Crippen LogP contribution in [0, 0.1) is 18.3 Å². The van der Waals surface area contributed by atoms with Crippen LogP contribution < -0.4 is 0 Å². The van der Waals surface area contributed by atoms with Crippen LogP contribution in [-0.2, 0) is 5.88 Å². The Morgan fingerprint density at radius 3 is 2.88 bits per heavy atom. The van der Waals surface area contributed by atoms with Crippen LogP contribution in [-0.4, -0.2) is 9.78 Å². The molecule has 0 atom stereocenters. The molecule has 0 bridgehead atoms. The molecule has 0 unspecified atom stereocenters. The largest absolute Gasteiger partial charge is 0.238 e. The van der Waals surface area contributed by atoms with E-state index in [-0.39, 0.29) is 0 Å². The summed E-state index contributed by atoms with van der Waals surface area (Å²) in [6.45, 7) is 1.96. The molecule has 0 aliphatic heterocycles. The molecule has 1 heterocycles. The first-order chi connectivity index (χ1) is 7.74. The lowest BCUT2D eigenvalue weighted by Gasteiger charge is -2.03. The maximum Gasteiger partial charge on any atom is 0.0992 e. The van der Waals surface area contributed by atoms with E-state index in [4.69, 9.17) is 16.9 Å². The first-order valence-electron chi connectivity index (χ1n) is 4.86. The van der Waals surface area contributed by atoms with Gasteiger partial charge in [-0.3, -0.25) is 0 Å². The molecule has 0 saturated heterocycles. The number of halogens is 1. The minimum absolute atomic E-state index is 0.395. The first kappa shape index (κ1) is 10.7. The quantitative estimate of drug-likeness (QED) is 0.746. The SMILES string of the molecule is Cc1cc(CCl)nn1-c1cccc(C#N)c1. The Labute approximate surface area is 98.9 Å². The van der Waals surface area contributed by atoms with Crippen LogP contribution in [0.2, 0.25) is 0 Å².